The van der Waals surface area contributed by atoms with Crippen LogP contribution in [0.1, 0.15) is 10.6 Å². The van der Waals surface area contributed by atoms with Crippen LogP contribution in [0.15, 0.2) is 51.1 Å². The number of sulfonamides is 1. The largest absolute Gasteiger partial charge is 0.495 e. The molecule has 8 heteroatoms. The van der Waals surface area contributed by atoms with E-state index in [1.807, 2.05) is 30.5 Å². The molecular weight excluding hydrogens is 448 g/mol. The highest BCUT2D eigenvalue weighted by molar-refractivity contribution is 9.10. The number of aryl methyl sites for hydroxylation is 1. The minimum atomic E-state index is -3.73. The Bertz CT molecular complexity index is 1130. The molecule has 5 nitrogen and oxygen atoms in total. The van der Waals surface area contributed by atoms with Crippen LogP contribution in [0.4, 0.5) is 5.69 Å². The van der Waals surface area contributed by atoms with E-state index in [-0.39, 0.29) is 4.90 Å². The SMILES string of the molecule is COc1ccc(Br)cc1S(=O)(=O)N1CCc2cc(-c3csc(C)n3)ccc21. The van der Waals surface area contributed by atoms with Crippen molar-refractivity contribution in [2.24, 2.45) is 0 Å². The number of hydrogen-bond acceptors (Lipinski definition) is 5. The zero-order valence-electron chi connectivity index (χ0n) is 14.8. The van der Waals surface area contributed by atoms with Gasteiger partial charge in [-0.25, -0.2) is 13.4 Å². The lowest BCUT2D eigenvalue weighted by Gasteiger charge is -2.21. The average Bonchev–Trinajstić information content (AvgIpc) is 3.27. The van der Waals surface area contributed by atoms with Crippen LogP contribution in [0.25, 0.3) is 11.3 Å². The van der Waals surface area contributed by atoms with Crippen molar-refractivity contribution in [3.63, 3.8) is 0 Å². The predicted octanol–water partition coefficient (Wildman–Crippen LogP) is 4.64. The molecule has 4 rings (SSSR count). The molecule has 0 saturated carbocycles. The Morgan fingerprint density at radius 2 is 2.04 bits per heavy atom. The van der Waals surface area contributed by atoms with Crippen LogP contribution in [-0.4, -0.2) is 27.1 Å². The van der Waals surface area contributed by atoms with Crippen molar-refractivity contribution >= 4 is 43.0 Å². The summed E-state index contributed by atoms with van der Waals surface area (Å²) in [5.41, 5.74) is 3.66. The summed E-state index contributed by atoms with van der Waals surface area (Å²) in [5, 5.41) is 3.03. The Hall–Kier alpha value is -1.90. The second-order valence-electron chi connectivity index (χ2n) is 6.22. The number of anilines is 1. The van der Waals surface area contributed by atoms with Crippen molar-refractivity contribution in [1.29, 1.82) is 0 Å². The lowest BCUT2D eigenvalue weighted by Crippen LogP contribution is -2.29. The lowest BCUT2D eigenvalue weighted by atomic mass is 10.1. The molecule has 0 bridgehead atoms. The van der Waals surface area contributed by atoms with Crippen LogP contribution in [0.2, 0.25) is 0 Å². The maximum absolute atomic E-state index is 13.3. The number of halogens is 1. The maximum atomic E-state index is 13.3. The number of methoxy groups -OCH3 is 1. The van der Waals surface area contributed by atoms with E-state index in [0.29, 0.717) is 28.9 Å². The first-order valence-corrected chi connectivity index (χ1v) is 11.4. The van der Waals surface area contributed by atoms with Crippen molar-refractivity contribution < 1.29 is 13.2 Å². The summed E-state index contributed by atoms with van der Waals surface area (Å²) < 4.78 is 34.0. The molecule has 1 aromatic heterocycles. The molecule has 0 fully saturated rings. The van der Waals surface area contributed by atoms with Gasteiger partial charge in [0.15, 0.2) is 0 Å². The van der Waals surface area contributed by atoms with Gasteiger partial charge in [0.1, 0.15) is 10.6 Å². The van der Waals surface area contributed by atoms with Gasteiger partial charge in [-0.1, -0.05) is 22.0 Å². The number of thiazole rings is 1. The second-order valence-corrected chi connectivity index (χ2v) is 10.0. The first-order valence-electron chi connectivity index (χ1n) is 8.32. The van der Waals surface area contributed by atoms with E-state index in [1.165, 1.54) is 11.4 Å². The molecule has 3 aromatic rings. The molecule has 27 heavy (non-hydrogen) atoms. The van der Waals surface area contributed by atoms with Gasteiger partial charge in [-0.3, -0.25) is 4.31 Å². The van der Waals surface area contributed by atoms with Gasteiger partial charge in [-0.05, 0) is 49.2 Å². The highest BCUT2D eigenvalue weighted by Crippen LogP contribution is 2.38. The molecule has 0 radical (unpaired) electrons. The van der Waals surface area contributed by atoms with Gasteiger partial charge in [-0.15, -0.1) is 11.3 Å². The summed E-state index contributed by atoms with van der Waals surface area (Å²) in [4.78, 5) is 4.68. The number of nitrogens with zero attached hydrogens (tertiary/aromatic N) is 2. The zero-order chi connectivity index (χ0) is 19.2. The Labute approximate surface area is 170 Å². The molecule has 1 aliphatic heterocycles. The Morgan fingerprint density at radius 1 is 1.22 bits per heavy atom. The first-order chi connectivity index (χ1) is 12.9. The fourth-order valence-corrected chi connectivity index (χ4v) is 6.07. The van der Waals surface area contributed by atoms with E-state index < -0.39 is 10.0 Å². The van der Waals surface area contributed by atoms with Crippen molar-refractivity contribution in [1.82, 2.24) is 4.98 Å². The smallest absolute Gasteiger partial charge is 0.268 e. The van der Waals surface area contributed by atoms with Crippen LogP contribution in [-0.2, 0) is 16.4 Å². The van der Waals surface area contributed by atoms with Gasteiger partial charge in [-0.2, -0.15) is 0 Å². The Kier molecular flexibility index (Phi) is 4.73. The van der Waals surface area contributed by atoms with E-state index in [4.69, 9.17) is 4.74 Å². The summed E-state index contributed by atoms with van der Waals surface area (Å²) >= 11 is 4.96. The van der Waals surface area contributed by atoms with Gasteiger partial charge < -0.3 is 4.74 Å². The normalized spacial score (nSPS) is 13.7. The van der Waals surface area contributed by atoms with Gasteiger partial charge in [0.2, 0.25) is 0 Å². The van der Waals surface area contributed by atoms with E-state index in [0.717, 1.165) is 21.8 Å². The zero-order valence-corrected chi connectivity index (χ0v) is 18.0. The molecule has 2 heterocycles. The Morgan fingerprint density at radius 3 is 2.74 bits per heavy atom. The molecule has 0 aliphatic carbocycles. The number of fused-ring (bicyclic) bond motifs is 1. The third-order valence-electron chi connectivity index (χ3n) is 4.54. The molecular formula is C19H17BrN2O3S2. The molecule has 1 aliphatic rings. The third-order valence-corrected chi connectivity index (χ3v) is 7.64. The van der Waals surface area contributed by atoms with Crippen molar-refractivity contribution in [3.8, 4) is 17.0 Å². The second kappa shape index (κ2) is 6.92. The molecule has 0 spiro atoms. The number of ether oxygens (including phenoxy) is 1. The van der Waals surface area contributed by atoms with Gasteiger partial charge in [0.25, 0.3) is 10.0 Å². The standard InChI is InChI=1S/C19H17BrN2O3S2/c1-12-21-16(11-26-12)13-3-5-17-14(9-13)7-8-22(17)27(23,24)19-10-15(20)4-6-18(19)25-2/h3-6,9-11H,7-8H2,1-2H3. The number of aromatic nitrogens is 1. The van der Waals surface area contributed by atoms with E-state index in [1.54, 1.807) is 29.5 Å². The molecule has 0 atom stereocenters. The van der Waals surface area contributed by atoms with Crippen LogP contribution in [0.5, 0.6) is 5.75 Å². The highest BCUT2D eigenvalue weighted by atomic mass is 79.9. The van der Waals surface area contributed by atoms with Crippen LogP contribution >= 0.6 is 27.3 Å². The molecule has 0 saturated heterocycles. The van der Waals surface area contributed by atoms with Crippen molar-refractivity contribution in [2.75, 3.05) is 18.0 Å². The van der Waals surface area contributed by atoms with Crippen molar-refractivity contribution in [2.45, 2.75) is 18.2 Å². The summed E-state index contributed by atoms with van der Waals surface area (Å²) in [5.74, 6) is 0.334. The predicted molar refractivity (Wildman–Crippen MR) is 111 cm³/mol. The van der Waals surface area contributed by atoms with E-state index >= 15 is 0 Å². The van der Waals surface area contributed by atoms with E-state index in [9.17, 15) is 8.42 Å². The third kappa shape index (κ3) is 3.26. The molecule has 140 valence electrons. The summed E-state index contributed by atoms with van der Waals surface area (Å²) in [6, 6.07) is 10.8. The molecule has 0 N–H and O–H groups in total. The summed E-state index contributed by atoms with van der Waals surface area (Å²) in [6.07, 6.45) is 0.668. The van der Waals surface area contributed by atoms with Crippen LogP contribution < -0.4 is 9.04 Å². The topological polar surface area (TPSA) is 59.5 Å². The minimum Gasteiger partial charge on any atom is -0.495 e. The number of benzene rings is 2. The van der Waals surface area contributed by atoms with E-state index in [2.05, 4.69) is 20.9 Å². The monoisotopic (exact) mass is 464 g/mol. The number of hydrogen-bond donors (Lipinski definition) is 0. The fourth-order valence-electron chi connectivity index (χ4n) is 3.25. The van der Waals surface area contributed by atoms with Gasteiger partial charge >= 0.3 is 0 Å². The minimum absolute atomic E-state index is 0.159. The first kappa shape index (κ1) is 18.5. The Balaban J connectivity index is 1.75. The lowest BCUT2D eigenvalue weighted by molar-refractivity contribution is 0.402. The quantitative estimate of drug-likeness (QED) is 0.563. The molecule has 2 aromatic carbocycles. The average molecular weight is 465 g/mol. The number of rotatable bonds is 4. The molecule has 0 unspecified atom stereocenters. The highest BCUT2D eigenvalue weighted by Gasteiger charge is 2.33. The summed E-state index contributed by atoms with van der Waals surface area (Å²) in [7, 11) is -2.25. The fraction of sp³-hybridized carbons (Fsp3) is 0.211. The molecule has 0 amide bonds. The van der Waals surface area contributed by atoms with Gasteiger partial charge in [0.05, 0.1) is 23.5 Å². The van der Waals surface area contributed by atoms with Crippen LogP contribution in [0.3, 0.4) is 0 Å². The summed E-state index contributed by atoms with van der Waals surface area (Å²) in [6.45, 7) is 2.38. The maximum Gasteiger partial charge on any atom is 0.268 e. The van der Waals surface area contributed by atoms with Crippen LogP contribution in [0, 0.1) is 6.92 Å². The van der Waals surface area contributed by atoms with Gasteiger partial charge in [0, 0.05) is 22.0 Å². The van der Waals surface area contributed by atoms with Crippen molar-refractivity contribution in [3.05, 3.63) is 56.8 Å².